The summed E-state index contributed by atoms with van der Waals surface area (Å²) < 4.78 is 26.1. The summed E-state index contributed by atoms with van der Waals surface area (Å²) in [6.07, 6.45) is 2.67. The molecule has 2 aromatic rings. The van der Waals surface area contributed by atoms with Gasteiger partial charge in [-0.1, -0.05) is 18.2 Å². The van der Waals surface area contributed by atoms with Crippen molar-refractivity contribution in [3.05, 3.63) is 47.5 Å². The third-order valence-electron chi connectivity index (χ3n) is 2.86. The highest BCUT2D eigenvalue weighted by Crippen LogP contribution is 2.20. The van der Waals surface area contributed by atoms with E-state index in [1.54, 1.807) is 0 Å². The van der Waals surface area contributed by atoms with E-state index < -0.39 is 6.55 Å². The molecule has 96 valence electrons. The predicted octanol–water partition coefficient (Wildman–Crippen LogP) is 3.51. The lowest BCUT2D eigenvalue weighted by molar-refractivity contribution is 0.0673. The van der Waals surface area contributed by atoms with Gasteiger partial charge < -0.3 is 5.32 Å². The first-order valence-electron chi connectivity index (χ1n) is 5.69. The van der Waals surface area contributed by atoms with E-state index in [4.69, 9.17) is 0 Å². The summed E-state index contributed by atoms with van der Waals surface area (Å²) >= 11 is 0. The van der Waals surface area contributed by atoms with Gasteiger partial charge in [-0.3, -0.25) is 4.57 Å². The molecule has 3 nitrogen and oxygen atoms in total. The fourth-order valence-electron chi connectivity index (χ4n) is 1.92. The highest BCUT2D eigenvalue weighted by Gasteiger charge is 2.11. The summed E-state index contributed by atoms with van der Waals surface area (Å²) in [5.74, 6) is 0.327. The Bertz CT molecular complexity index is 515. The quantitative estimate of drug-likeness (QED) is 0.901. The molecule has 1 aromatic carbocycles. The number of nitrogens with one attached hydrogen (secondary N) is 1. The lowest BCUT2D eigenvalue weighted by Gasteiger charge is -2.13. The Balaban J connectivity index is 2.14. The fraction of sp³-hybridized carbons (Fsp3) is 0.308. The second-order valence-corrected chi connectivity index (χ2v) is 4.15. The average molecular weight is 251 g/mol. The molecule has 0 saturated heterocycles. The molecule has 0 atom stereocenters. The SMILES string of the molecule is Cc1cccc(C)c1NCc1nccn1C(F)F. The number of anilines is 1. The highest BCUT2D eigenvalue weighted by atomic mass is 19.3. The van der Waals surface area contributed by atoms with E-state index >= 15 is 0 Å². The van der Waals surface area contributed by atoms with Crippen LogP contribution < -0.4 is 5.32 Å². The number of hydrogen-bond donors (Lipinski definition) is 1. The van der Waals surface area contributed by atoms with Crippen LogP contribution in [0.15, 0.2) is 30.6 Å². The topological polar surface area (TPSA) is 29.9 Å². The lowest BCUT2D eigenvalue weighted by Crippen LogP contribution is -2.10. The first-order valence-corrected chi connectivity index (χ1v) is 5.69. The van der Waals surface area contributed by atoms with Crippen molar-refractivity contribution in [3.8, 4) is 0 Å². The zero-order valence-electron chi connectivity index (χ0n) is 10.3. The number of para-hydroxylation sites is 1. The monoisotopic (exact) mass is 251 g/mol. The number of rotatable bonds is 4. The van der Waals surface area contributed by atoms with E-state index in [-0.39, 0.29) is 6.54 Å². The van der Waals surface area contributed by atoms with Crippen LogP contribution >= 0.6 is 0 Å². The van der Waals surface area contributed by atoms with Gasteiger partial charge in [-0.15, -0.1) is 0 Å². The predicted molar refractivity (Wildman–Crippen MR) is 66.7 cm³/mol. The summed E-state index contributed by atoms with van der Waals surface area (Å²) in [5, 5.41) is 3.16. The Labute approximate surface area is 104 Å². The second kappa shape index (κ2) is 5.16. The first kappa shape index (κ1) is 12.5. The smallest absolute Gasteiger partial charge is 0.319 e. The van der Waals surface area contributed by atoms with Crippen molar-refractivity contribution in [1.29, 1.82) is 0 Å². The Hall–Kier alpha value is -1.91. The number of nitrogens with zero attached hydrogens (tertiary/aromatic N) is 2. The van der Waals surface area contributed by atoms with Gasteiger partial charge in [0.05, 0.1) is 6.54 Å². The molecule has 0 aliphatic heterocycles. The van der Waals surface area contributed by atoms with Crippen molar-refractivity contribution in [2.45, 2.75) is 26.9 Å². The lowest BCUT2D eigenvalue weighted by atomic mass is 10.1. The van der Waals surface area contributed by atoms with E-state index in [9.17, 15) is 8.78 Å². The van der Waals surface area contributed by atoms with Crippen LogP contribution in [0.25, 0.3) is 0 Å². The Kier molecular flexibility index (Phi) is 3.60. The molecule has 1 heterocycles. The number of imidazole rings is 1. The van der Waals surface area contributed by atoms with Crippen LogP contribution in [0.4, 0.5) is 14.5 Å². The molecule has 0 aliphatic rings. The van der Waals surface area contributed by atoms with Crippen molar-refractivity contribution in [2.75, 3.05) is 5.32 Å². The summed E-state index contributed by atoms with van der Waals surface area (Å²) in [6.45, 7) is 1.69. The van der Waals surface area contributed by atoms with Crippen LogP contribution in [0.5, 0.6) is 0 Å². The van der Waals surface area contributed by atoms with Crippen LogP contribution in [-0.2, 0) is 6.54 Å². The van der Waals surface area contributed by atoms with Gasteiger partial charge in [0.25, 0.3) is 0 Å². The average Bonchev–Trinajstić information content (AvgIpc) is 2.76. The molecule has 0 radical (unpaired) electrons. The maximum absolute atomic E-state index is 12.6. The van der Waals surface area contributed by atoms with Gasteiger partial charge >= 0.3 is 6.55 Å². The van der Waals surface area contributed by atoms with Crippen molar-refractivity contribution in [3.63, 3.8) is 0 Å². The van der Waals surface area contributed by atoms with Gasteiger partial charge in [0.1, 0.15) is 5.82 Å². The van der Waals surface area contributed by atoms with E-state index in [0.717, 1.165) is 21.4 Å². The van der Waals surface area contributed by atoms with E-state index in [1.807, 2.05) is 32.0 Å². The largest absolute Gasteiger partial charge is 0.377 e. The number of benzene rings is 1. The second-order valence-electron chi connectivity index (χ2n) is 4.15. The van der Waals surface area contributed by atoms with Gasteiger partial charge in [0.2, 0.25) is 0 Å². The van der Waals surface area contributed by atoms with Gasteiger partial charge in [-0.2, -0.15) is 8.78 Å². The minimum Gasteiger partial charge on any atom is -0.377 e. The third kappa shape index (κ3) is 2.50. The van der Waals surface area contributed by atoms with Crippen LogP contribution in [0, 0.1) is 13.8 Å². The van der Waals surface area contributed by atoms with Crippen molar-refractivity contribution in [2.24, 2.45) is 0 Å². The van der Waals surface area contributed by atoms with Crippen LogP contribution in [0.2, 0.25) is 0 Å². The molecule has 0 amide bonds. The fourth-order valence-corrected chi connectivity index (χ4v) is 1.92. The molecule has 1 aromatic heterocycles. The minimum absolute atomic E-state index is 0.281. The van der Waals surface area contributed by atoms with E-state index in [0.29, 0.717) is 5.82 Å². The molecule has 0 saturated carbocycles. The summed E-state index contributed by atoms with van der Waals surface area (Å²) in [5.41, 5.74) is 3.15. The summed E-state index contributed by atoms with van der Waals surface area (Å²) in [6, 6.07) is 5.93. The molecule has 0 unspecified atom stereocenters. The zero-order chi connectivity index (χ0) is 13.1. The highest BCUT2D eigenvalue weighted by molar-refractivity contribution is 5.56. The van der Waals surface area contributed by atoms with Crippen LogP contribution in [-0.4, -0.2) is 9.55 Å². The number of hydrogen-bond acceptors (Lipinski definition) is 2. The molecule has 1 N–H and O–H groups in total. The molecular formula is C13H15F2N3. The molecule has 0 bridgehead atoms. The number of alkyl halides is 2. The number of halogens is 2. The Morgan fingerprint density at radius 3 is 2.56 bits per heavy atom. The maximum Gasteiger partial charge on any atom is 0.319 e. The summed E-state index contributed by atoms with van der Waals surface area (Å²) in [4.78, 5) is 3.93. The normalized spacial score (nSPS) is 10.9. The molecule has 5 heteroatoms. The molecule has 0 fully saturated rings. The molecular weight excluding hydrogens is 236 g/mol. The maximum atomic E-state index is 12.6. The van der Waals surface area contributed by atoms with Crippen molar-refractivity contribution < 1.29 is 8.78 Å². The molecule has 0 spiro atoms. The Morgan fingerprint density at radius 1 is 1.28 bits per heavy atom. The van der Waals surface area contributed by atoms with Gasteiger partial charge in [0.15, 0.2) is 0 Å². The van der Waals surface area contributed by atoms with E-state index in [2.05, 4.69) is 10.3 Å². The summed E-state index contributed by atoms with van der Waals surface area (Å²) in [7, 11) is 0. The van der Waals surface area contributed by atoms with Crippen molar-refractivity contribution >= 4 is 5.69 Å². The first-order chi connectivity index (χ1) is 8.59. The molecule has 18 heavy (non-hydrogen) atoms. The zero-order valence-corrected chi connectivity index (χ0v) is 10.3. The van der Waals surface area contributed by atoms with Crippen LogP contribution in [0.1, 0.15) is 23.5 Å². The van der Waals surface area contributed by atoms with Gasteiger partial charge in [-0.25, -0.2) is 4.98 Å². The number of aromatic nitrogens is 2. The van der Waals surface area contributed by atoms with Gasteiger partial charge in [-0.05, 0) is 25.0 Å². The number of aryl methyl sites for hydroxylation is 2. The third-order valence-corrected chi connectivity index (χ3v) is 2.86. The standard InChI is InChI=1S/C13H15F2N3/c1-9-4-3-5-10(2)12(9)17-8-11-16-6-7-18(11)13(14)15/h3-7,13,17H,8H2,1-2H3. The van der Waals surface area contributed by atoms with Crippen LogP contribution in [0.3, 0.4) is 0 Å². The van der Waals surface area contributed by atoms with Crippen molar-refractivity contribution in [1.82, 2.24) is 9.55 Å². The molecule has 2 rings (SSSR count). The minimum atomic E-state index is -2.55. The van der Waals surface area contributed by atoms with E-state index in [1.165, 1.54) is 12.4 Å². The van der Waals surface area contributed by atoms with Gasteiger partial charge in [0, 0.05) is 18.1 Å². The molecule has 0 aliphatic carbocycles. The Morgan fingerprint density at radius 2 is 1.94 bits per heavy atom.